The van der Waals surface area contributed by atoms with Crippen molar-refractivity contribution in [2.24, 2.45) is 11.3 Å². The molecule has 0 saturated heterocycles. The molecule has 0 radical (unpaired) electrons. The van der Waals surface area contributed by atoms with Crippen LogP contribution in [0.1, 0.15) is 67.6 Å². The zero-order valence-corrected chi connectivity index (χ0v) is 20.1. The number of pyridine rings is 1. The minimum atomic E-state index is -4.45. The third kappa shape index (κ3) is 5.83. The number of anilines is 1. The quantitative estimate of drug-likeness (QED) is 0.410. The van der Waals surface area contributed by atoms with Crippen molar-refractivity contribution in [3.63, 3.8) is 0 Å². The van der Waals surface area contributed by atoms with E-state index in [4.69, 9.17) is 0 Å². The Labute approximate surface area is 203 Å². The summed E-state index contributed by atoms with van der Waals surface area (Å²) in [4.78, 5) is 16.6. The van der Waals surface area contributed by atoms with Crippen molar-refractivity contribution in [3.05, 3.63) is 71.7 Å². The van der Waals surface area contributed by atoms with E-state index >= 15 is 0 Å². The highest BCUT2D eigenvalue weighted by atomic mass is 19.4. The fourth-order valence-corrected chi connectivity index (χ4v) is 4.63. The van der Waals surface area contributed by atoms with Gasteiger partial charge in [0.1, 0.15) is 0 Å². The van der Waals surface area contributed by atoms with Gasteiger partial charge in [-0.1, -0.05) is 32.9 Å². The van der Waals surface area contributed by atoms with Gasteiger partial charge in [-0.05, 0) is 60.4 Å². The summed E-state index contributed by atoms with van der Waals surface area (Å²) in [7, 11) is 0. The van der Waals surface area contributed by atoms with E-state index in [0.29, 0.717) is 23.8 Å². The summed E-state index contributed by atoms with van der Waals surface area (Å²) >= 11 is 0. The third-order valence-electron chi connectivity index (χ3n) is 6.38. The van der Waals surface area contributed by atoms with Crippen LogP contribution in [-0.2, 0) is 6.18 Å². The van der Waals surface area contributed by atoms with Crippen LogP contribution in [0, 0.1) is 11.3 Å². The molecule has 1 aromatic carbocycles. The molecule has 1 aliphatic rings. The Morgan fingerprint density at radius 2 is 1.86 bits per heavy atom. The first-order valence-electron chi connectivity index (χ1n) is 11.8. The highest BCUT2D eigenvalue weighted by molar-refractivity contribution is 5.94. The Morgan fingerprint density at radius 3 is 2.40 bits per heavy atom. The molecule has 1 saturated carbocycles. The maximum atomic E-state index is 12.9. The Morgan fingerprint density at radius 1 is 1.14 bits per heavy atom. The number of halogens is 3. The number of rotatable bonds is 8. The molecule has 1 amide bonds. The standard InChI is InChI=1S/C26H30F3N5O/c1-4-11-30-24(35)18-7-5-17(6-8-18)23(19-12-25(2,3)13-19)33-21-9-10-22(31-15-21)34-16-20(14-32-34)26(27,28)29/h5-10,14-16,19,23,33H,4,11-13H2,1-3H3,(H,30,35). The van der Waals surface area contributed by atoms with E-state index < -0.39 is 11.7 Å². The Bertz CT molecular complexity index is 1140. The number of hydrogen-bond donors (Lipinski definition) is 2. The van der Waals surface area contributed by atoms with Gasteiger partial charge in [-0.3, -0.25) is 4.79 Å². The monoisotopic (exact) mass is 485 g/mol. The molecular weight excluding hydrogens is 455 g/mol. The maximum absolute atomic E-state index is 12.9. The van der Waals surface area contributed by atoms with Gasteiger partial charge in [0, 0.05) is 18.3 Å². The van der Waals surface area contributed by atoms with Gasteiger partial charge in [0.2, 0.25) is 0 Å². The molecule has 0 spiro atoms. The number of amides is 1. The molecule has 2 heterocycles. The summed E-state index contributed by atoms with van der Waals surface area (Å²) in [5.41, 5.74) is 1.92. The van der Waals surface area contributed by atoms with Crippen LogP contribution < -0.4 is 10.6 Å². The number of hydrogen-bond acceptors (Lipinski definition) is 4. The fraction of sp³-hybridized carbons (Fsp3) is 0.423. The zero-order chi connectivity index (χ0) is 25.2. The number of nitrogens with one attached hydrogen (secondary N) is 2. The van der Waals surface area contributed by atoms with Gasteiger partial charge < -0.3 is 10.6 Å². The highest BCUT2D eigenvalue weighted by Gasteiger charge is 2.41. The van der Waals surface area contributed by atoms with E-state index in [1.165, 1.54) is 0 Å². The van der Waals surface area contributed by atoms with Gasteiger partial charge in [-0.15, -0.1) is 0 Å². The smallest absolute Gasteiger partial charge is 0.377 e. The van der Waals surface area contributed by atoms with Crippen LogP contribution in [-0.4, -0.2) is 27.2 Å². The van der Waals surface area contributed by atoms with E-state index in [0.717, 1.165) is 47.6 Å². The SMILES string of the molecule is CCCNC(=O)c1ccc(C(Nc2ccc(-n3cc(C(F)(F)F)cn3)nc2)C2CC(C)(C)C2)cc1. The predicted molar refractivity (Wildman–Crippen MR) is 128 cm³/mol. The summed E-state index contributed by atoms with van der Waals surface area (Å²) in [6, 6.07) is 11.1. The van der Waals surface area contributed by atoms with E-state index in [1.54, 1.807) is 18.3 Å². The first-order chi connectivity index (χ1) is 16.6. The molecule has 1 atom stereocenters. The predicted octanol–water partition coefficient (Wildman–Crippen LogP) is 6.02. The Balaban J connectivity index is 1.51. The number of alkyl halides is 3. The summed E-state index contributed by atoms with van der Waals surface area (Å²) in [5.74, 6) is 0.625. The molecule has 6 nitrogen and oxygen atoms in total. The van der Waals surface area contributed by atoms with Gasteiger partial charge in [-0.2, -0.15) is 18.3 Å². The molecule has 0 bridgehead atoms. The first kappa shape index (κ1) is 24.8. The van der Waals surface area contributed by atoms with Crippen LogP contribution in [0.15, 0.2) is 55.0 Å². The van der Waals surface area contributed by atoms with Gasteiger partial charge in [-0.25, -0.2) is 9.67 Å². The van der Waals surface area contributed by atoms with Crippen LogP contribution in [0.25, 0.3) is 5.82 Å². The second-order valence-corrected chi connectivity index (χ2v) is 9.91. The molecule has 186 valence electrons. The van der Waals surface area contributed by atoms with E-state index in [-0.39, 0.29) is 17.4 Å². The van der Waals surface area contributed by atoms with Gasteiger partial charge in [0.05, 0.1) is 29.7 Å². The van der Waals surface area contributed by atoms with Crippen LogP contribution in [0.2, 0.25) is 0 Å². The minimum absolute atomic E-state index is 0.0185. The molecule has 1 unspecified atom stereocenters. The van der Waals surface area contributed by atoms with Crippen molar-refractivity contribution in [2.45, 2.75) is 52.3 Å². The summed E-state index contributed by atoms with van der Waals surface area (Å²) in [5, 5.41) is 10.2. The van der Waals surface area contributed by atoms with Crippen molar-refractivity contribution in [1.82, 2.24) is 20.1 Å². The lowest BCUT2D eigenvalue weighted by Gasteiger charge is -2.47. The normalized spacial score (nSPS) is 16.4. The Hall–Kier alpha value is -3.36. The van der Waals surface area contributed by atoms with Crippen molar-refractivity contribution >= 4 is 11.6 Å². The molecule has 1 aliphatic carbocycles. The van der Waals surface area contributed by atoms with Crippen LogP contribution >= 0.6 is 0 Å². The van der Waals surface area contributed by atoms with Crippen LogP contribution in [0.4, 0.5) is 18.9 Å². The lowest BCUT2D eigenvalue weighted by Crippen LogP contribution is -2.38. The summed E-state index contributed by atoms with van der Waals surface area (Å²) in [6.07, 6.45) is 1.86. The average Bonchev–Trinajstić information content (AvgIpc) is 3.31. The average molecular weight is 486 g/mol. The van der Waals surface area contributed by atoms with Gasteiger partial charge in [0.25, 0.3) is 5.91 Å². The molecule has 35 heavy (non-hydrogen) atoms. The molecular formula is C26H30F3N5O. The molecule has 1 fully saturated rings. The van der Waals surface area contributed by atoms with Crippen LogP contribution in [0.3, 0.4) is 0 Å². The molecule has 2 N–H and O–H groups in total. The lowest BCUT2D eigenvalue weighted by atomic mass is 9.61. The highest BCUT2D eigenvalue weighted by Crippen LogP contribution is 2.51. The van der Waals surface area contributed by atoms with Gasteiger partial charge >= 0.3 is 6.18 Å². The number of aromatic nitrogens is 3. The van der Waals surface area contributed by atoms with Crippen molar-refractivity contribution in [1.29, 1.82) is 0 Å². The topological polar surface area (TPSA) is 71.8 Å². The van der Waals surface area contributed by atoms with Crippen molar-refractivity contribution in [3.8, 4) is 5.82 Å². The first-order valence-corrected chi connectivity index (χ1v) is 11.8. The number of carbonyl (C=O) groups is 1. The zero-order valence-electron chi connectivity index (χ0n) is 20.1. The lowest BCUT2D eigenvalue weighted by molar-refractivity contribution is -0.137. The van der Waals surface area contributed by atoms with Crippen molar-refractivity contribution in [2.75, 3.05) is 11.9 Å². The number of nitrogens with zero attached hydrogens (tertiary/aromatic N) is 3. The maximum Gasteiger partial charge on any atom is 0.419 e. The molecule has 0 aliphatic heterocycles. The van der Waals surface area contributed by atoms with Crippen molar-refractivity contribution < 1.29 is 18.0 Å². The van der Waals surface area contributed by atoms with Gasteiger partial charge in [0.15, 0.2) is 5.82 Å². The van der Waals surface area contributed by atoms with Crippen LogP contribution in [0.5, 0.6) is 0 Å². The molecule has 3 aromatic rings. The van der Waals surface area contributed by atoms with E-state index in [1.807, 2.05) is 31.2 Å². The third-order valence-corrected chi connectivity index (χ3v) is 6.38. The second-order valence-electron chi connectivity index (χ2n) is 9.91. The summed E-state index contributed by atoms with van der Waals surface area (Å²) in [6.45, 7) is 7.14. The Kier molecular flexibility index (Phi) is 6.87. The van der Waals surface area contributed by atoms with E-state index in [9.17, 15) is 18.0 Å². The van der Waals surface area contributed by atoms with E-state index in [2.05, 4.69) is 34.6 Å². The summed E-state index contributed by atoms with van der Waals surface area (Å²) < 4.78 is 39.7. The largest absolute Gasteiger partial charge is 0.419 e. The fourth-order valence-electron chi connectivity index (χ4n) is 4.63. The molecule has 9 heteroatoms. The molecule has 4 rings (SSSR count). The number of carbonyl (C=O) groups excluding carboxylic acids is 1. The molecule has 2 aromatic heterocycles. The number of benzene rings is 1. The minimum Gasteiger partial charge on any atom is -0.377 e. The second kappa shape index (κ2) is 9.71.